The fourth-order valence-electron chi connectivity index (χ4n) is 4.25. The van der Waals surface area contributed by atoms with Crippen molar-refractivity contribution in [3.05, 3.63) is 71.3 Å². The summed E-state index contributed by atoms with van der Waals surface area (Å²) >= 11 is 0. The second-order valence-corrected chi connectivity index (χ2v) is 7.67. The molecule has 1 N–H and O–H groups in total. The van der Waals surface area contributed by atoms with Gasteiger partial charge in [0.2, 0.25) is 0 Å². The van der Waals surface area contributed by atoms with Crippen LogP contribution in [0.3, 0.4) is 0 Å². The average Bonchev–Trinajstić information content (AvgIpc) is 3.11. The van der Waals surface area contributed by atoms with E-state index >= 15 is 0 Å². The van der Waals surface area contributed by atoms with Crippen molar-refractivity contribution in [2.75, 3.05) is 19.7 Å². The lowest BCUT2D eigenvalue weighted by Gasteiger charge is -2.44. The molecule has 6 nitrogen and oxygen atoms in total. The third kappa shape index (κ3) is 3.80. The van der Waals surface area contributed by atoms with E-state index in [4.69, 9.17) is 4.74 Å². The lowest BCUT2D eigenvalue weighted by Crippen LogP contribution is -2.58. The second-order valence-electron chi connectivity index (χ2n) is 7.67. The monoisotopic (exact) mass is 416 g/mol. The molecule has 1 amide bonds. The number of carbonyl (C=O) groups is 2. The zero-order valence-corrected chi connectivity index (χ0v) is 16.3. The van der Waals surface area contributed by atoms with Crippen LogP contribution in [0.15, 0.2) is 48.5 Å². The summed E-state index contributed by atoms with van der Waals surface area (Å²) in [6.45, 7) is 1.70. The number of likely N-dealkylation sites (tertiary alicyclic amines) is 1. The van der Waals surface area contributed by atoms with Crippen molar-refractivity contribution in [3.8, 4) is 0 Å². The van der Waals surface area contributed by atoms with E-state index < -0.39 is 40.8 Å². The standard InChI is InChI=1S/C22H22F2N2O4/c23-16-6-7-18(24)17(12-16)20(27)26-19(21(28)29)14-30-22(26)8-10-25(11-9-22)13-15-4-2-1-3-5-15/h1-7,12,19H,8-11,13-14H2,(H,28,29)/t19-/m1/s1. The van der Waals surface area contributed by atoms with Crippen molar-refractivity contribution in [2.45, 2.75) is 31.2 Å². The van der Waals surface area contributed by atoms with Crippen molar-refractivity contribution in [1.82, 2.24) is 9.80 Å². The fourth-order valence-corrected chi connectivity index (χ4v) is 4.25. The smallest absolute Gasteiger partial charge is 0.328 e. The van der Waals surface area contributed by atoms with Crippen molar-refractivity contribution in [3.63, 3.8) is 0 Å². The fraction of sp³-hybridized carbons (Fsp3) is 0.364. The van der Waals surface area contributed by atoms with Gasteiger partial charge in [0.15, 0.2) is 6.04 Å². The van der Waals surface area contributed by atoms with E-state index in [1.807, 2.05) is 30.3 Å². The summed E-state index contributed by atoms with van der Waals surface area (Å²) in [6, 6.07) is 11.3. The summed E-state index contributed by atoms with van der Waals surface area (Å²) in [5, 5.41) is 9.61. The average molecular weight is 416 g/mol. The number of ether oxygens (including phenoxy) is 1. The van der Waals surface area contributed by atoms with Crippen LogP contribution in [0, 0.1) is 11.6 Å². The van der Waals surface area contributed by atoms with Crippen LogP contribution in [-0.4, -0.2) is 58.2 Å². The molecule has 0 unspecified atom stereocenters. The molecule has 0 saturated carbocycles. The molecule has 2 aliphatic rings. The van der Waals surface area contributed by atoms with E-state index in [0.29, 0.717) is 25.9 Å². The minimum atomic E-state index is -1.25. The van der Waals surface area contributed by atoms with Gasteiger partial charge in [-0.25, -0.2) is 13.6 Å². The zero-order valence-electron chi connectivity index (χ0n) is 16.3. The molecule has 158 valence electrons. The predicted molar refractivity (Wildman–Crippen MR) is 104 cm³/mol. The Hall–Kier alpha value is -2.84. The topological polar surface area (TPSA) is 70.1 Å². The minimum Gasteiger partial charge on any atom is -0.480 e. The number of aliphatic carboxylic acids is 1. The van der Waals surface area contributed by atoms with Crippen LogP contribution in [0.5, 0.6) is 0 Å². The minimum absolute atomic E-state index is 0.184. The number of benzene rings is 2. The van der Waals surface area contributed by atoms with Gasteiger partial charge in [0.05, 0.1) is 12.2 Å². The SMILES string of the molecule is O=C(O)[C@H]1COC2(CCN(Cc3ccccc3)CC2)N1C(=O)c1cc(F)ccc1F. The van der Waals surface area contributed by atoms with Crippen molar-refractivity contribution in [1.29, 1.82) is 0 Å². The molecule has 0 aliphatic carbocycles. The molecule has 8 heteroatoms. The number of nitrogens with zero attached hydrogens (tertiary/aromatic N) is 2. The van der Waals surface area contributed by atoms with Gasteiger partial charge in [-0.2, -0.15) is 0 Å². The second kappa shape index (κ2) is 8.12. The maximum atomic E-state index is 14.3. The van der Waals surface area contributed by atoms with Crippen LogP contribution in [-0.2, 0) is 16.1 Å². The summed E-state index contributed by atoms with van der Waals surface area (Å²) < 4.78 is 33.8. The summed E-state index contributed by atoms with van der Waals surface area (Å²) in [5.74, 6) is -3.76. The summed E-state index contributed by atoms with van der Waals surface area (Å²) in [4.78, 5) is 28.2. The van der Waals surface area contributed by atoms with Crippen LogP contribution in [0.1, 0.15) is 28.8 Å². The molecule has 2 aliphatic heterocycles. The normalized spacial score (nSPS) is 21.1. The number of rotatable bonds is 4. The van der Waals surface area contributed by atoms with E-state index in [2.05, 4.69) is 4.90 Å². The lowest BCUT2D eigenvalue weighted by molar-refractivity contribution is -0.144. The molecule has 2 saturated heterocycles. The molecular weight excluding hydrogens is 394 g/mol. The van der Waals surface area contributed by atoms with Crippen LogP contribution < -0.4 is 0 Å². The van der Waals surface area contributed by atoms with Gasteiger partial charge in [-0.15, -0.1) is 0 Å². The first-order valence-corrected chi connectivity index (χ1v) is 9.81. The Balaban J connectivity index is 1.57. The van der Waals surface area contributed by atoms with E-state index in [1.54, 1.807) is 0 Å². The Kier molecular flexibility index (Phi) is 5.53. The highest BCUT2D eigenvalue weighted by atomic mass is 19.1. The highest BCUT2D eigenvalue weighted by Gasteiger charge is 2.54. The van der Waals surface area contributed by atoms with E-state index in [-0.39, 0.29) is 6.61 Å². The number of halogens is 2. The zero-order chi connectivity index (χ0) is 21.3. The molecule has 30 heavy (non-hydrogen) atoms. The van der Waals surface area contributed by atoms with Crippen LogP contribution in [0.4, 0.5) is 8.78 Å². The number of amides is 1. The first kappa shape index (κ1) is 20.4. The van der Waals surface area contributed by atoms with Gasteiger partial charge in [-0.05, 0) is 23.8 Å². The predicted octanol–water partition coefficient (Wildman–Crippen LogP) is 2.88. The van der Waals surface area contributed by atoms with Crippen LogP contribution in [0.25, 0.3) is 0 Å². The summed E-state index contributed by atoms with van der Waals surface area (Å²) in [5.41, 5.74) is -0.483. The molecule has 1 atom stereocenters. The largest absolute Gasteiger partial charge is 0.480 e. The first-order valence-electron chi connectivity index (χ1n) is 9.81. The van der Waals surface area contributed by atoms with Gasteiger partial charge in [0.1, 0.15) is 17.4 Å². The van der Waals surface area contributed by atoms with Crippen molar-refractivity contribution < 1.29 is 28.2 Å². The molecule has 2 fully saturated rings. The molecule has 0 radical (unpaired) electrons. The van der Waals surface area contributed by atoms with Gasteiger partial charge in [0.25, 0.3) is 5.91 Å². The number of carbonyl (C=O) groups excluding carboxylic acids is 1. The van der Waals surface area contributed by atoms with Crippen LogP contribution in [0.2, 0.25) is 0 Å². The Bertz CT molecular complexity index is 945. The maximum Gasteiger partial charge on any atom is 0.328 e. The molecule has 0 bridgehead atoms. The number of hydrogen-bond acceptors (Lipinski definition) is 4. The highest BCUT2D eigenvalue weighted by Crippen LogP contribution is 2.39. The quantitative estimate of drug-likeness (QED) is 0.830. The van der Waals surface area contributed by atoms with Gasteiger partial charge < -0.3 is 9.84 Å². The van der Waals surface area contributed by atoms with Crippen LogP contribution >= 0.6 is 0 Å². The van der Waals surface area contributed by atoms with Gasteiger partial charge in [-0.1, -0.05) is 30.3 Å². The third-order valence-electron chi connectivity index (χ3n) is 5.81. The van der Waals surface area contributed by atoms with Crippen molar-refractivity contribution >= 4 is 11.9 Å². The number of piperidine rings is 1. The third-order valence-corrected chi connectivity index (χ3v) is 5.81. The first-order chi connectivity index (χ1) is 14.4. The Morgan fingerprint density at radius 1 is 1.10 bits per heavy atom. The van der Waals surface area contributed by atoms with Gasteiger partial charge in [0, 0.05) is 32.5 Å². The highest BCUT2D eigenvalue weighted by molar-refractivity contribution is 5.97. The molecule has 2 aromatic rings. The molecule has 2 heterocycles. The lowest BCUT2D eigenvalue weighted by atomic mass is 9.96. The number of hydrogen-bond donors (Lipinski definition) is 1. The molecular formula is C22H22F2N2O4. The molecule has 1 spiro atoms. The molecule has 4 rings (SSSR count). The molecule has 0 aromatic heterocycles. The van der Waals surface area contributed by atoms with E-state index in [9.17, 15) is 23.5 Å². The number of carboxylic acid groups (broad SMARTS) is 1. The van der Waals surface area contributed by atoms with Gasteiger partial charge >= 0.3 is 5.97 Å². The maximum absolute atomic E-state index is 14.3. The number of carboxylic acids is 1. The van der Waals surface area contributed by atoms with E-state index in [1.165, 1.54) is 0 Å². The Morgan fingerprint density at radius 3 is 2.47 bits per heavy atom. The summed E-state index contributed by atoms with van der Waals surface area (Å²) in [7, 11) is 0. The van der Waals surface area contributed by atoms with Crippen molar-refractivity contribution in [2.24, 2.45) is 0 Å². The molecule has 2 aromatic carbocycles. The van der Waals surface area contributed by atoms with E-state index in [0.717, 1.165) is 35.2 Å². The Labute approximate surface area is 172 Å². The Morgan fingerprint density at radius 2 is 1.80 bits per heavy atom. The summed E-state index contributed by atoms with van der Waals surface area (Å²) in [6.07, 6.45) is 0.762. The van der Waals surface area contributed by atoms with Gasteiger partial charge in [-0.3, -0.25) is 14.6 Å².